The van der Waals surface area contributed by atoms with E-state index in [0.717, 1.165) is 0 Å². The Balaban J connectivity index is 1.46. The first-order valence-corrected chi connectivity index (χ1v) is 13.4. The number of hydrogen-bond donors (Lipinski definition) is 3. The number of anilines is 1. The molecule has 0 unspecified atom stereocenters. The summed E-state index contributed by atoms with van der Waals surface area (Å²) in [6, 6.07) is 12.6. The van der Waals surface area contributed by atoms with Crippen molar-refractivity contribution in [1.82, 2.24) is 30.1 Å². The molecule has 3 aromatic heterocycles. The summed E-state index contributed by atoms with van der Waals surface area (Å²) in [5.74, 6) is -0.874. The van der Waals surface area contributed by atoms with E-state index in [1.165, 1.54) is 25.6 Å². The number of para-hydroxylation sites is 1. The molecule has 0 radical (unpaired) electrons. The number of rotatable bonds is 10. The van der Waals surface area contributed by atoms with Crippen LogP contribution in [-0.4, -0.2) is 76.7 Å². The Kier molecular flexibility index (Phi) is 8.90. The van der Waals surface area contributed by atoms with Gasteiger partial charge in [-0.3, -0.25) is 14.9 Å². The van der Waals surface area contributed by atoms with Crippen LogP contribution in [0.25, 0.3) is 16.9 Å². The van der Waals surface area contributed by atoms with Crippen LogP contribution in [0.1, 0.15) is 27.6 Å². The highest BCUT2D eigenvalue weighted by Gasteiger charge is 2.37. The van der Waals surface area contributed by atoms with Crippen molar-refractivity contribution in [2.75, 3.05) is 39.2 Å². The first-order valence-electron chi connectivity index (χ1n) is 13.4. The number of pyridine rings is 2. The van der Waals surface area contributed by atoms with E-state index in [2.05, 4.69) is 20.6 Å². The summed E-state index contributed by atoms with van der Waals surface area (Å²) in [4.78, 5) is 39.4. The first-order chi connectivity index (χ1) is 20.8. The van der Waals surface area contributed by atoms with Gasteiger partial charge in [0.05, 0.1) is 31.1 Å². The van der Waals surface area contributed by atoms with Crippen molar-refractivity contribution in [3.8, 4) is 22.8 Å². The minimum atomic E-state index is -0.703. The van der Waals surface area contributed by atoms with Gasteiger partial charge in [0, 0.05) is 43.7 Å². The minimum Gasteiger partial charge on any atom is -0.480 e. The van der Waals surface area contributed by atoms with Gasteiger partial charge in [0.25, 0.3) is 5.91 Å². The Hall–Kier alpha value is -4.92. The second-order valence-electron chi connectivity index (χ2n) is 9.74. The van der Waals surface area contributed by atoms with Gasteiger partial charge in [0.1, 0.15) is 17.5 Å². The standard InChI is InChI=1S/C29H31FN8O5/c1-17-24(19-13-21(26(31)39)28(42-3)33-15-19)36-38(20-7-5-4-6-8-20)27(17)35-29(40)34-22-16-37(11-12-41-2)43-25(22)18-9-10-32-23(30)14-18/h4-10,13-15,22,25H,11-12,16H2,1-3H3,(H2,31,39)(H2,34,35,40)/t22-,25+/m1/s1. The van der Waals surface area contributed by atoms with Gasteiger partial charge in [-0.25, -0.2) is 19.4 Å². The molecule has 1 saturated heterocycles. The van der Waals surface area contributed by atoms with E-state index in [0.29, 0.717) is 53.6 Å². The summed E-state index contributed by atoms with van der Waals surface area (Å²) in [5, 5.41) is 12.3. The number of carbonyl (C=O) groups excluding carboxylic acids is 2. The molecular weight excluding hydrogens is 559 g/mol. The fourth-order valence-corrected chi connectivity index (χ4v) is 4.84. The average Bonchev–Trinajstić information content (AvgIpc) is 3.56. The zero-order valence-corrected chi connectivity index (χ0v) is 23.8. The minimum absolute atomic E-state index is 0.0936. The molecule has 4 aromatic rings. The van der Waals surface area contributed by atoms with Crippen molar-refractivity contribution >= 4 is 17.8 Å². The van der Waals surface area contributed by atoms with Crippen molar-refractivity contribution < 1.29 is 28.3 Å². The van der Waals surface area contributed by atoms with Crippen molar-refractivity contribution in [3.05, 3.63) is 83.6 Å². The van der Waals surface area contributed by atoms with Gasteiger partial charge in [0.15, 0.2) is 0 Å². The lowest BCUT2D eigenvalue weighted by Gasteiger charge is -2.19. The smallest absolute Gasteiger partial charge is 0.320 e. The van der Waals surface area contributed by atoms with Gasteiger partial charge in [-0.15, -0.1) is 0 Å². The number of hydrogen-bond acceptors (Lipinski definition) is 9. The number of urea groups is 1. The molecule has 5 rings (SSSR count). The van der Waals surface area contributed by atoms with Crippen LogP contribution < -0.4 is 21.1 Å². The molecule has 13 nitrogen and oxygen atoms in total. The van der Waals surface area contributed by atoms with Crippen molar-refractivity contribution in [1.29, 1.82) is 0 Å². The zero-order chi connectivity index (χ0) is 30.5. The Morgan fingerprint density at radius 3 is 2.65 bits per heavy atom. The van der Waals surface area contributed by atoms with Gasteiger partial charge in [-0.2, -0.15) is 14.6 Å². The van der Waals surface area contributed by atoms with Crippen LogP contribution in [0.15, 0.2) is 60.9 Å². The van der Waals surface area contributed by atoms with Gasteiger partial charge >= 0.3 is 6.03 Å². The van der Waals surface area contributed by atoms with Crippen LogP contribution in [0.3, 0.4) is 0 Å². The van der Waals surface area contributed by atoms with E-state index < -0.39 is 30.0 Å². The third-order valence-corrected chi connectivity index (χ3v) is 6.91. The lowest BCUT2D eigenvalue weighted by atomic mass is 10.0. The third kappa shape index (κ3) is 6.45. The van der Waals surface area contributed by atoms with Crippen molar-refractivity contribution in [3.63, 3.8) is 0 Å². The van der Waals surface area contributed by atoms with Gasteiger partial charge in [-0.05, 0) is 42.8 Å². The Labute approximate surface area is 246 Å². The Bertz CT molecular complexity index is 1620. The van der Waals surface area contributed by atoms with E-state index in [4.69, 9.17) is 25.1 Å². The summed E-state index contributed by atoms with van der Waals surface area (Å²) in [5.41, 5.74) is 8.44. The average molecular weight is 591 g/mol. The number of nitrogens with two attached hydrogens (primary N) is 1. The van der Waals surface area contributed by atoms with Crippen LogP contribution >= 0.6 is 0 Å². The monoisotopic (exact) mass is 590 g/mol. The normalized spacial score (nSPS) is 16.7. The number of aromatic nitrogens is 4. The summed E-state index contributed by atoms with van der Waals surface area (Å²) >= 11 is 0. The maximum absolute atomic E-state index is 14.0. The number of primary amides is 1. The highest BCUT2D eigenvalue weighted by molar-refractivity contribution is 5.96. The molecule has 1 aromatic carbocycles. The van der Waals surface area contributed by atoms with Crippen molar-refractivity contribution in [2.24, 2.45) is 5.73 Å². The highest BCUT2D eigenvalue weighted by atomic mass is 19.1. The molecule has 0 bridgehead atoms. The molecule has 1 aliphatic heterocycles. The maximum Gasteiger partial charge on any atom is 0.320 e. The summed E-state index contributed by atoms with van der Waals surface area (Å²) in [7, 11) is 2.98. The summed E-state index contributed by atoms with van der Waals surface area (Å²) in [6.45, 7) is 2.99. The van der Waals surface area contributed by atoms with E-state index in [-0.39, 0.29) is 11.4 Å². The fraction of sp³-hybridized carbons (Fsp3) is 0.276. The van der Waals surface area contributed by atoms with Crippen LogP contribution in [0, 0.1) is 12.9 Å². The zero-order valence-electron chi connectivity index (χ0n) is 23.8. The first kappa shape index (κ1) is 29.6. The SMILES string of the molecule is COCCN1C[C@@H](NC(=O)Nc2c(C)c(-c3cnc(OC)c(C(N)=O)c3)nn2-c2ccccc2)[C@H](c2ccnc(F)c2)O1. The number of amides is 3. The molecule has 1 fully saturated rings. The van der Waals surface area contributed by atoms with Crippen LogP contribution in [0.5, 0.6) is 5.88 Å². The van der Waals surface area contributed by atoms with Gasteiger partial charge < -0.3 is 20.5 Å². The number of methoxy groups -OCH3 is 2. The molecule has 0 aliphatic carbocycles. The number of nitrogens with zero attached hydrogens (tertiary/aromatic N) is 5. The van der Waals surface area contributed by atoms with Crippen LogP contribution in [0.4, 0.5) is 15.0 Å². The molecule has 4 heterocycles. The van der Waals surface area contributed by atoms with Gasteiger partial charge in [-0.1, -0.05) is 18.2 Å². The second kappa shape index (κ2) is 12.9. The largest absolute Gasteiger partial charge is 0.480 e. The maximum atomic E-state index is 14.0. The molecule has 0 saturated carbocycles. The topological polar surface area (TPSA) is 159 Å². The molecule has 224 valence electrons. The molecule has 3 amide bonds. The molecule has 1 aliphatic rings. The number of carbonyl (C=O) groups is 2. The molecular formula is C29H31FN8O5. The van der Waals surface area contributed by atoms with E-state index in [1.807, 2.05) is 30.3 Å². The Morgan fingerprint density at radius 1 is 1.16 bits per heavy atom. The summed E-state index contributed by atoms with van der Waals surface area (Å²) in [6.07, 6.45) is 2.21. The molecule has 14 heteroatoms. The van der Waals surface area contributed by atoms with E-state index in [9.17, 15) is 14.0 Å². The predicted molar refractivity (Wildman–Crippen MR) is 154 cm³/mol. The quantitative estimate of drug-likeness (QED) is 0.236. The molecule has 2 atom stereocenters. The van der Waals surface area contributed by atoms with Gasteiger partial charge in [0.2, 0.25) is 11.8 Å². The third-order valence-electron chi connectivity index (χ3n) is 6.91. The second-order valence-corrected chi connectivity index (χ2v) is 9.74. The predicted octanol–water partition coefficient (Wildman–Crippen LogP) is 3.01. The van der Waals surface area contributed by atoms with Crippen LogP contribution in [-0.2, 0) is 9.57 Å². The van der Waals surface area contributed by atoms with E-state index in [1.54, 1.807) is 35.9 Å². The van der Waals surface area contributed by atoms with E-state index >= 15 is 0 Å². The fourth-order valence-electron chi connectivity index (χ4n) is 4.84. The number of hydroxylamine groups is 2. The van der Waals surface area contributed by atoms with Crippen LogP contribution in [0.2, 0.25) is 0 Å². The molecule has 43 heavy (non-hydrogen) atoms. The lowest BCUT2D eigenvalue weighted by molar-refractivity contribution is -0.154. The highest BCUT2D eigenvalue weighted by Crippen LogP contribution is 2.33. The number of ether oxygens (including phenoxy) is 2. The Morgan fingerprint density at radius 2 is 1.95 bits per heavy atom. The lowest BCUT2D eigenvalue weighted by Crippen LogP contribution is -2.42. The number of nitrogens with one attached hydrogen (secondary N) is 2. The molecule has 0 spiro atoms. The number of benzene rings is 1. The summed E-state index contributed by atoms with van der Waals surface area (Å²) < 4.78 is 25.9. The van der Waals surface area contributed by atoms with Crippen molar-refractivity contribution in [2.45, 2.75) is 19.1 Å². The molecule has 4 N–H and O–H groups in total. The number of halogens is 1.